The van der Waals surface area contributed by atoms with E-state index in [0.29, 0.717) is 13.0 Å². The summed E-state index contributed by atoms with van der Waals surface area (Å²) >= 11 is 0. The molecule has 1 atom stereocenters. The Labute approximate surface area is 116 Å². The molecule has 0 spiro atoms. The first-order valence-corrected chi connectivity index (χ1v) is 7.11. The number of aryl methyl sites for hydroxylation is 2. The lowest BCUT2D eigenvalue weighted by molar-refractivity contribution is -0.121. The highest BCUT2D eigenvalue weighted by molar-refractivity contribution is 5.76. The van der Waals surface area contributed by atoms with Crippen molar-refractivity contribution in [1.82, 2.24) is 5.32 Å². The van der Waals surface area contributed by atoms with E-state index in [-0.39, 0.29) is 11.9 Å². The number of benzene rings is 1. The predicted molar refractivity (Wildman–Crippen MR) is 80.0 cm³/mol. The Morgan fingerprint density at radius 1 is 1.26 bits per heavy atom. The molecule has 3 N–H and O–H groups in total. The van der Waals surface area contributed by atoms with E-state index in [0.717, 1.165) is 19.3 Å². The zero-order valence-corrected chi connectivity index (χ0v) is 12.3. The molecule has 1 rings (SSSR count). The lowest BCUT2D eigenvalue weighted by Gasteiger charge is -2.17. The molecule has 19 heavy (non-hydrogen) atoms. The zero-order chi connectivity index (χ0) is 14.3. The van der Waals surface area contributed by atoms with Gasteiger partial charge in [0.2, 0.25) is 5.91 Å². The van der Waals surface area contributed by atoms with Crippen LogP contribution in [-0.4, -0.2) is 12.5 Å². The molecule has 1 unspecified atom stereocenters. The molecular formula is C16H26N2O. The van der Waals surface area contributed by atoms with Crippen LogP contribution >= 0.6 is 0 Å². The molecule has 0 heterocycles. The number of nitrogens with one attached hydrogen (secondary N) is 1. The fourth-order valence-corrected chi connectivity index (χ4v) is 2.31. The van der Waals surface area contributed by atoms with Crippen molar-refractivity contribution in [3.05, 3.63) is 34.9 Å². The Kier molecular flexibility index (Phi) is 6.57. The lowest BCUT2D eigenvalue weighted by atomic mass is 10.00. The largest absolute Gasteiger partial charge is 0.350 e. The van der Waals surface area contributed by atoms with Crippen molar-refractivity contribution in [3.8, 4) is 0 Å². The van der Waals surface area contributed by atoms with Gasteiger partial charge in [0.15, 0.2) is 0 Å². The third-order valence-corrected chi connectivity index (χ3v) is 3.38. The molecule has 1 aromatic carbocycles. The van der Waals surface area contributed by atoms with E-state index in [2.05, 4.69) is 37.4 Å². The van der Waals surface area contributed by atoms with E-state index < -0.39 is 0 Å². The van der Waals surface area contributed by atoms with E-state index in [1.54, 1.807) is 0 Å². The third kappa shape index (κ3) is 5.43. The number of hydrogen-bond acceptors (Lipinski definition) is 2. The number of hydrogen-bond donors (Lipinski definition) is 2. The van der Waals surface area contributed by atoms with Crippen molar-refractivity contribution in [3.63, 3.8) is 0 Å². The molecule has 0 bridgehead atoms. The maximum atomic E-state index is 11.8. The second-order valence-electron chi connectivity index (χ2n) is 5.25. The van der Waals surface area contributed by atoms with Crippen LogP contribution in [-0.2, 0) is 4.79 Å². The summed E-state index contributed by atoms with van der Waals surface area (Å²) in [6.07, 6.45) is 3.54. The highest BCUT2D eigenvalue weighted by Gasteiger charge is 2.11. The van der Waals surface area contributed by atoms with Crippen LogP contribution in [0.1, 0.15) is 55.3 Å². The average molecular weight is 262 g/mol. The first kappa shape index (κ1) is 15.7. The topological polar surface area (TPSA) is 55.1 Å². The second kappa shape index (κ2) is 7.95. The zero-order valence-electron chi connectivity index (χ0n) is 12.3. The van der Waals surface area contributed by atoms with Crippen LogP contribution in [0.25, 0.3) is 0 Å². The fourth-order valence-electron chi connectivity index (χ4n) is 2.31. The van der Waals surface area contributed by atoms with Gasteiger partial charge in [0.1, 0.15) is 0 Å². The monoisotopic (exact) mass is 262 g/mol. The Morgan fingerprint density at radius 3 is 2.63 bits per heavy atom. The molecule has 0 aliphatic carbocycles. The number of carbonyl (C=O) groups excluding carboxylic acids is 1. The average Bonchev–Trinajstić information content (AvgIpc) is 2.34. The second-order valence-corrected chi connectivity index (χ2v) is 5.25. The highest BCUT2D eigenvalue weighted by atomic mass is 16.1. The van der Waals surface area contributed by atoms with Gasteiger partial charge >= 0.3 is 0 Å². The van der Waals surface area contributed by atoms with Gasteiger partial charge in [-0.1, -0.05) is 30.2 Å². The summed E-state index contributed by atoms with van der Waals surface area (Å²) in [6.45, 7) is 6.92. The smallest absolute Gasteiger partial charge is 0.220 e. The molecular weight excluding hydrogens is 236 g/mol. The van der Waals surface area contributed by atoms with Crippen molar-refractivity contribution in [2.24, 2.45) is 5.73 Å². The maximum Gasteiger partial charge on any atom is 0.220 e. The Morgan fingerprint density at radius 2 is 2.00 bits per heavy atom. The number of carbonyl (C=O) groups is 1. The fraction of sp³-hybridized carbons (Fsp3) is 0.562. The van der Waals surface area contributed by atoms with Crippen LogP contribution < -0.4 is 11.1 Å². The van der Waals surface area contributed by atoms with Gasteiger partial charge in [-0.05, 0) is 51.3 Å². The van der Waals surface area contributed by atoms with Gasteiger partial charge in [0.25, 0.3) is 0 Å². The minimum atomic E-state index is 0.0719. The molecule has 0 aromatic heterocycles. The summed E-state index contributed by atoms with van der Waals surface area (Å²) in [5.41, 5.74) is 9.11. The van der Waals surface area contributed by atoms with Gasteiger partial charge in [-0.3, -0.25) is 4.79 Å². The minimum Gasteiger partial charge on any atom is -0.350 e. The summed E-state index contributed by atoms with van der Waals surface area (Å²) in [6, 6.07) is 6.41. The van der Waals surface area contributed by atoms with Crippen LogP contribution in [0.3, 0.4) is 0 Å². The van der Waals surface area contributed by atoms with Gasteiger partial charge in [-0.15, -0.1) is 0 Å². The summed E-state index contributed by atoms with van der Waals surface area (Å²) in [5, 5.41) is 3.06. The summed E-state index contributed by atoms with van der Waals surface area (Å²) in [4.78, 5) is 11.8. The molecule has 0 radical (unpaired) electrons. The number of nitrogens with two attached hydrogens (primary N) is 1. The molecule has 3 heteroatoms. The van der Waals surface area contributed by atoms with Crippen molar-refractivity contribution in [2.45, 2.75) is 52.5 Å². The van der Waals surface area contributed by atoms with Crippen molar-refractivity contribution in [2.75, 3.05) is 6.54 Å². The molecule has 1 amide bonds. The summed E-state index contributed by atoms with van der Waals surface area (Å²) in [7, 11) is 0. The molecule has 3 nitrogen and oxygen atoms in total. The lowest BCUT2D eigenvalue weighted by Crippen LogP contribution is -2.26. The Hall–Kier alpha value is -1.35. The maximum absolute atomic E-state index is 11.8. The molecule has 106 valence electrons. The SMILES string of the molecule is Cc1ccc(C(C)NC(=O)CCCCCN)c(C)c1. The molecule has 0 saturated carbocycles. The van der Waals surface area contributed by atoms with E-state index >= 15 is 0 Å². The normalized spacial score (nSPS) is 12.2. The quantitative estimate of drug-likeness (QED) is 0.742. The van der Waals surface area contributed by atoms with Gasteiger partial charge in [0, 0.05) is 6.42 Å². The number of amides is 1. The van der Waals surface area contributed by atoms with Crippen LogP contribution in [0.15, 0.2) is 18.2 Å². The van der Waals surface area contributed by atoms with Gasteiger partial charge in [-0.25, -0.2) is 0 Å². The molecule has 0 fully saturated rings. The van der Waals surface area contributed by atoms with Gasteiger partial charge in [0.05, 0.1) is 6.04 Å². The van der Waals surface area contributed by atoms with Crippen LogP contribution in [0.2, 0.25) is 0 Å². The van der Waals surface area contributed by atoms with E-state index in [4.69, 9.17) is 5.73 Å². The molecule has 1 aromatic rings. The Bertz CT molecular complexity index is 415. The number of unbranched alkanes of at least 4 members (excludes halogenated alkanes) is 2. The highest BCUT2D eigenvalue weighted by Crippen LogP contribution is 2.18. The summed E-state index contributed by atoms with van der Waals surface area (Å²) in [5.74, 6) is 0.129. The molecule has 0 aliphatic heterocycles. The Balaban J connectivity index is 2.45. The van der Waals surface area contributed by atoms with Crippen molar-refractivity contribution in [1.29, 1.82) is 0 Å². The minimum absolute atomic E-state index is 0.0719. The van der Waals surface area contributed by atoms with Crippen LogP contribution in [0.4, 0.5) is 0 Å². The van der Waals surface area contributed by atoms with Crippen molar-refractivity contribution < 1.29 is 4.79 Å². The molecule has 0 aliphatic rings. The van der Waals surface area contributed by atoms with Crippen molar-refractivity contribution >= 4 is 5.91 Å². The van der Waals surface area contributed by atoms with Gasteiger partial charge in [-0.2, -0.15) is 0 Å². The third-order valence-electron chi connectivity index (χ3n) is 3.38. The van der Waals surface area contributed by atoms with Gasteiger partial charge < -0.3 is 11.1 Å². The number of rotatable bonds is 7. The summed E-state index contributed by atoms with van der Waals surface area (Å²) < 4.78 is 0. The first-order chi connectivity index (χ1) is 9.04. The van der Waals surface area contributed by atoms with E-state index in [1.165, 1.54) is 16.7 Å². The predicted octanol–water partition coefficient (Wildman–Crippen LogP) is 3.00. The molecule has 0 saturated heterocycles. The standard InChI is InChI=1S/C16H26N2O/c1-12-8-9-15(13(2)11-12)14(3)18-16(19)7-5-4-6-10-17/h8-9,11,14H,4-7,10,17H2,1-3H3,(H,18,19). The van der Waals surface area contributed by atoms with E-state index in [1.807, 2.05) is 6.92 Å². The first-order valence-electron chi connectivity index (χ1n) is 7.11. The van der Waals surface area contributed by atoms with E-state index in [9.17, 15) is 4.79 Å². The van der Waals surface area contributed by atoms with Crippen LogP contribution in [0, 0.1) is 13.8 Å². The van der Waals surface area contributed by atoms with Crippen LogP contribution in [0.5, 0.6) is 0 Å².